The van der Waals surface area contributed by atoms with Crippen molar-refractivity contribution in [2.45, 2.75) is 45.8 Å². The van der Waals surface area contributed by atoms with Gasteiger partial charge < -0.3 is 10.2 Å². The van der Waals surface area contributed by atoms with Crippen molar-refractivity contribution in [3.63, 3.8) is 0 Å². The lowest BCUT2D eigenvalue weighted by atomic mass is 9.72. The average Bonchev–Trinajstić information content (AvgIpc) is 3.06. The molecule has 2 aromatic rings. The summed E-state index contributed by atoms with van der Waals surface area (Å²) in [6, 6.07) is 8.26. The Kier molecular flexibility index (Phi) is 5.44. The summed E-state index contributed by atoms with van der Waals surface area (Å²) in [7, 11) is 0. The fraction of sp³-hybridized carbons (Fsp3) is 0.500. The predicted octanol–water partition coefficient (Wildman–Crippen LogP) is 2.82. The van der Waals surface area contributed by atoms with Crippen LogP contribution < -0.4 is 0 Å². The third-order valence-electron chi connectivity index (χ3n) is 5.52. The second-order valence-electron chi connectivity index (χ2n) is 7.35. The lowest BCUT2D eigenvalue weighted by Crippen LogP contribution is -2.54. The number of aliphatic hydroxyl groups is 1. The number of aliphatic hydroxyl groups excluding tert-OH is 1. The van der Waals surface area contributed by atoms with Crippen molar-refractivity contribution in [2.75, 3.05) is 13.1 Å². The molecule has 0 saturated carbocycles. The van der Waals surface area contributed by atoms with Gasteiger partial charge in [0.2, 0.25) is 0 Å². The zero-order valence-electron chi connectivity index (χ0n) is 15.4. The molecule has 0 radical (unpaired) electrons. The van der Waals surface area contributed by atoms with E-state index in [0.29, 0.717) is 32.5 Å². The number of rotatable bonds is 6. The van der Waals surface area contributed by atoms with Gasteiger partial charge in [-0.1, -0.05) is 43.2 Å². The molecule has 0 aliphatic carbocycles. The molecule has 2 atom stereocenters. The van der Waals surface area contributed by atoms with Gasteiger partial charge in [0.25, 0.3) is 0 Å². The third kappa shape index (κ3) is 3.52. The first-order valence-electron chi connectivity index (χ1n) is 9.19. The summed E-state index contributed by atoms with van der Waals surface area (Å²) in [6.07, 6.45) is 2.69. The standard InChI is InChI=1S/C20H27N3O3/c1-3-8-20(19(25)26)9-10-23(13-17(20)24)12-16-11-21-22-18(16)15-6-4-14(2)5-7-15/h4-7,11,17,24H,3,8-10,12-13H2,1-2H3,(H,21,22)(H,25,26)/t17-,20-/m0/s1. The van der Waals surface area contributed by atoms with Crippen molar-refractivity contribution in [2.24, 2.45) is 5.41 Å². The van der Waals surface area contributed by atoms with Crippen molar-refractivity contribution in [1.29, 1.82) is 0 Å². The van der Waals surface area contributed by atoms with Gasteiger partial charge >= 0.3 is 5.97 Å². The number of H-pyrrole nitrogens is 1. The summed E-state index contributed by atoms with van der Waals surface area (Å²) in [5.74, 6) is -0.879. The van der Waals surface area contributed by atoms with Gasteiger partial charge in [-0.05, 0) is 31.9 Å². The first-order chi connectivity index (χ1) is 12.5. The molecule has 26 heavy (non-hydrogen) atoms. The molecule has 1 fully saturated rings. The molecule has 1 aliphatic heterocycles. The average molecular weight is 357 g/mol. The number of carboxylic acid groups (broad SMARTS) is 1. The number of carboxylic acids is 1. The minimum absolute atomic E-state index is 0.366. The number of aryl methyl sites for hydroxylation is 1. The molecule has 0 spiro atoms. The van der Waals surface area contributed by atoms with E-state index in [1.165, 1.54) is 5.56 Å². The van der Waals surface area contributed by atoms with Gasteiger partial charge in [-0.25, -0.2) is 0 Å². The Morgan fingerprint density at radius 3 is 2.73 bits per heavy atom. The molecule has 3 N–H and O–H groups in total. The van der Waals surface area contributed by atoms with E-state index in [9.17, 15) is 15.0 Å². The van der Waals surface area contributed by atoms with Crippen LogP contribution in [0.15, 0.2) is 30.5 Å². The first-order valence-corrected chi connectivity index (χ1v) is 9.19. The first kappa shape index (κ1) is 18.6. The largest absolute Gasteiger partial charge is 0.481 e. The monoisotopic (exact) mass is 357 g/mol. The van der Waals surface area contributed by atoms with E-state index in [2.05, 4.69) is 46.3 Å². The highest BCUT2D eigenvalue weighted by Crippen LogP contribution is 2.37. The molecular formula is C20H27N3O3. The van der Waals surface area contributed by atoms with E-state index in [-0.39, 0.29) is 0 Å². The van der Waals surface area contributed by atoms with Crippen molar-refractivity contribution in [3.8, 4) is 11.3 Å². The third-order valence-corrected chi connectivity index (χ3v) is 5.52. The fourth-order valence-electron chi connectivity index (χ4n) is 3.91. The number of aliphatic carboxylic acids is 1. The maximum Gasteiger partial charge on any atom is 0.312 e. The number of β-amino-alcohol motifs (C(OH)–C–C–N with tert-alkyl or cyclic N) is 1. The summed E-state index contributed by atoms with van der Waals surface area (Å²) < 4.78 is 0. The Morgan fingerprint density at radius 1 is 1.38 bits per heavy atom. The van der Waals surface area contributed by atoms with E-state index in [1.54, 1.807) is 0 Å². The molecule has 0 bridgehead atoms. The maximum atomic E-state index is 11.8. The normalized spacial score (nSPS) is 23.9. The topological polar surface area (TPSA) is 89.5 Å². The summed E-state index contributed by atoms with van der Waals surface area (Å²) >= 11 is 0. The summed E-state index contributed by atoms with van der Waals surface area (Å²) in [4.78, 5) is 13.9. The van der Waals surface area contributed by atoms with Crippen LogP contribution in [0.5, 0.6) is 0 Å². The molecule has 1 aromatic heterocycles. The molecule has 0 unspecified atom stereocenters. The van der Waals surface area contributed by atoms with E-state index < -0.39 is 17.5 Å². The lowest BCUT2D eigenvalue weighted by molar-refractivity contribution is -0.164. The van der Waals surface area contributed by atoms with Gasteiger partial charge in [-0.15, -0.1) is 0 Å². The second kappa shape index (κ2) is 7.60. The highest BCUT2D eigenvalue weighted by molar-refractivity contribution is 5.75. The van der Waals surface area contributed by atoms with Crippen LogP contribution in [0, 0.1) is 12.3 Å². The zero-order valence-corrected chi connectivity index (χ0v) is 15.4. The molecule has 1 saturated heterocycles. The fourth-order valence-corrected chi connectivity index (χ4v) is 3.91. The Hall–Kier alpha value is -2.18. The quantitative estimate of drug-likeness (QED) is 0.740. The lowest BCUT2D eigenvalue weighted by Gasteiger charge is -2.42. The number of hydrogen-bond donors (Lipinski definition) is 3. The van der Waals surface area contributed by atoms with E-state index >= 15 is 0 Å². The number of nitrogens with one attached hydrogen (secondary N) is 1. The summed E-state index contributed by atoms with van der Waals surface area (Å²) in [5, 5.41) is 27.5. The van der Waals surface area contributed by atoms with Crippen LogP contribution in [-0.2, 0) is 11.3 Å². The van der Waals surface area contributed by atoms with Crippen LogP contribution in [0.2, 0.25) is 0 Å². The van der Waals surface area contributed by atoms with Gasteiger partial charge in [0, 0.05) is 18.7 Å². The number of carbonyl (C=O) groups is 1. The minimum Gasteiger partial charge on any atom is -0.481 e. The molecule has 0 amide bonds. The number of likely N-dealkylation sites (tertiary alicyclic amines) is 1. The highest BCUT2D eigenvalue weighted by Gasteiger charge is 2.47. The van der Waals surface area contributed by atoms with Gasteiger partial charge in [0.15, 0.2) is 0 Å². The summed E-state index contributed by atoms with van der Waals surface area (Å²) in [6.45, 7) is 5.67. The van der Waals surface area contributed by atoms with Crippen molar-refractivity contribution >= 4 is 5.97 Å². The molecular weight excluding hydrogens is 330 g/mol. The molecule has 140 valence electrons. The van der Waals surface area contributed by atoms with E-state index in [1.807, 2.05) is 13.1 Å². The minimum atomic E-state index is -1.01. The number of benzene rings is 1. The van der Waals surface area contributed by atoms with Crippen LogP contribution in [0.3, 0.4) is 0 Å². The number of hydrogen-bond acceptors (Lipinski definition) is 4. The Labute approximate surface area is 153 Å². The molecule has 1 aromatic carbocycles. The molecule has 2 heterocycles. The van der Waals surface area contributed by atoms with E-state index in [4.69, 9.17) is 0 Å². The number of aromatic nitrogens is 2. The Balaban J connectivity index is 1.73. The number of piperidine rings is 1. The van der Waals surface area contributed by atoms with Crippen LogP contribution in [0.1, 0.15) is 37.3 Å². The van der Waals surface area contributed by atoms with Gasteiger partial charge in [-0.2, -0.15) is 5.10 Å². The predicted molar refractivity (Wildman–Crippen MR) is 99.6 cm³/mol. The zero-order chi connectivity index (χ0) is 18.7. The Bertz CT molecular complexity index is 756. The van der Waals surface area contributed by atoms with Crippen LogP contribution in [0.4, 0.5) is 0 Å². The summed E-state index contributed by atoms with van der Waals surface area (Å²) in [5.41, 5.74) is 3.30. The van der Waals surface area contributed by atoms with E-state index in [0.717, 1.165) is 23.2 Å². The molecule has 1 aliphatic rings. The van der Waals surface area contributed by atoms with Crippen LogP contribution in [0.25, 0.3) is 11.3 Å². The molecule has 6 nitrogen and oxygen atoms in total. The van der Waals surface area contributed by atoms with Gasteiger partial charge in [0.1, 0.15) is 0 Å². The van der Waals surface area contributed by atoms with Crippen molar-refractivity contribution in [1.82, 2.24) is 15.1 Å². The second-order valence-corrected chi connectivity index (χ2v) is 7.35. The Morgan fingerprint density at radius 2 is 2.12 bits per heavy atom. The van der Waals surface area contributed by atoms with Gasteiger partial charge in [0.05, 0.1) is 23.4 Å². The maximum absolute atomic E-state index is 11.8. The van der Waals surface area contributed by atoms with Crippen LogP contribution in [-0.4, -0.2) is 50.5 Å². The van der Waals surface area contributed by atoms with Crippen LogP contribution >= 0.6 is 0 Å². The molecule has 3 rings (SSSR count). The van der Waals surface area contributed by atoms with Gasteiger partial charge in [-0.3, -0.25) is 14.8 Å². The van der Waals surface area contributed by atoms with Crippen molar-refractivity contribution in [3.05, 3.63) is 41.6 Å². The SMILES string of the molecule is CCC[C@]1(C(=O)O)CCN(Cc2cn[nH]c2-c2ccc(C)cc2)C[C@@H]1O. The number of aromatic amines is 1. The van der Waals surface area contributed by atoms with Crippen molar-refractivity contribution < 1.29 is 15.0 Å². The number of nitrogens with zero attached hydrogens (tertiary/aromatic N) is 2. The smallest absolute Gasteiger partial charge is 0.312 e. The molecule has 6 heteroatoms. The highest BCUT2D eigenvalue weighted by atomic mass is 16.4.